The quantitative estimate of drug-likeness (QED) is 0.496. The number of nitrogens with one attached hydrogen (secondary N) is 1. The molecule has 8 nitrogen and oxygen atoms in total. The van der Waals surface area contributed by atoms with E-state index in [4.69, 9.17) is 19.2 Å². The van der Waals surface area contributed by atoms with E-state index < -0.39 is 0 Å². The minimum absolute atomic E-state index is 0.0457. The number of urea groups is 1. The molecule has 2 amide bonds. The molecule has 1 atom stereocenters. The molecule has 5 rings (SSSR count). The largest absolute Gasteiger partial charge is 0.497 e. The molecule has 0 aliphatic carbocycles. The molecular weight excluding hydrogens is 468 g/mol. The molecule has 0 aromatic heterocycles. The van der Waals surface area contributed by atoms with Crippen LogP contribution in [0.1, 0.15) is 23.6 Å². The summed E-state index contributed by atoms with van der Waals surface area (Å²) in [7, 11) is 3.17. The normalized spacial score (nSPS) is 16.6. The number of hydrogen-bond acceptors (Lipinski definition) is 6. The molecule has 3 aromatic carbocycles. The fourth-order valence-corrected chi connectivity index (χ4v) is 4.78. The van der Waals surface area contributed by atoms with Gasteiger partial charge < -0.3 is 29.3 Å². The van der Waals surface area contributed by atoms with Crippen molar-refractivity contribution in [2.24, 2.45) is 4.99 Å². The smallest absolute Gasteiger partial charge is 0.322 e. The molecule has 0 saturated carbocycles. The number of methoxy groups -OCH3 is 2. The first kappa shape index (κ1) is 24.5. The molecule has 2 heterocycles. The molecule has 2 aliphatic rings. The number of fused-ring (bicyclic) bond motifs is 2. The van der Waals surface area contributed by atoms with Crippen LogP contribution in [-0.2, 0) is 0 Å². The molecule has 1 N–H and O–H groups in total. The third-order valence-corrected chi connectivity index (χ3v) is 6.78. The zero-order valence-corrected chi connectivity index (χ0v) is 21.9. The number of amides is 2. The average Bonchev–Trinajstić information content (AvgIpc) is 3.04. The first-order valence-electron chi connectivity index (χ1n) is 12.4. The van der Waals surface area contributed by atoms with Crippen LogP contribution in [0.2, 0.25) is 0 Å². The van der Waals surface area contributed by atoms with Gasteiger partial charge in [-0.15, -0.1) is 0 Å². The number of nitrogens with zero attached hydrogens (tertiary/aromatic N) is 3. The number of rotatable bonds is 3. The van der Waals surface area contributed by atoms with Gasteiger partial charge in [-0.05, 0) is 62.7 Å². The van der Waals surface area contributed by atoms with Crippen LogP contribution in [0.4, 0.5) is 16.2 Å². The maximum atomic E-state index is 13.2. The van der Waals surface area contributed by atoms with Gasteiger partial charge in [0.15, 0.2) is 5.75 Å². The Labute approximate surface area is 217 Å². The van der Waals surface area contributed by atoms with E-state index in [9.17, 15) is 4.79 Å². The maximum absolute atomic E-state index is 13.2. The highest BCUT2D eigenvalue weighted by atomic mass is 16.5. The second kappa shape index (κ2) is 10.0. The van der Waals surface area contributed by atoms with Crippen LogP contribution in [0.25, 0.3) is 0 Å². The monoisotopic (exact) mass is 500 g/mol. The van der Waals surface area contributed by atoms with Gasteiger partial charge in [-0.1, -0.05) is 17.7 Å². The van der Waals surface area contributed by atoms with Gasteiger partial charge in [0.25, 0.3) is 0 Å². The molecule has 37 heavy (non-hydrogen) atoms. The highest BCUT2D eigenvalue weighted by molar-refractivity contribution is 6.04. The first-order valence-corrected chi connectivity index (χ1v) is 12.4. The van der Waals surface area contributed by atoms with Gasteiger partial charge in [-0.3, -0.25) is 0 Å². The Kier molecular flexibility index (Phi) is 6.65. The van der Waals surface area contributed by atoms with E-state index in [1.165, 1.54) is 0 Å². The summed E-state index contributed by atoms with van der Waals surface area (Å²) in [5, 5.41) is 3.00. The Morgan fingerprint density at radius 2 is 1.76 bits per heavy atom. The van der Waals surface area contributed by atoms with Crippen molar-refractivity contribution in [3.05, 3.63) is 71.3 Å². The topological polar surface area (TPSA) is 75.6 Å². The molecule has 192 valence electrons. The lowest BCUT2D eigenvalue weighted by molar-refractivity contribution is 0.144. The van der Waals surface area contributed by atoms with Crippen molar-refractivity contribution >= 4 is 23.2 Å². The summed E-state index contributed by atoms with van der Waals surface area (Å²) in [6, 6.07) is 17.4. The van der Waals surface area contributed by atoms with E-state index in [0.717, 1.165) is 39.7 Å². The number of hydrogen-bond donors (Lipinski definition) is 1. The number of amidine groups is 1. The third-order valence-electron chi connectivity index (χ3n) is 6.78. The van der Waals surface area contributed by atoms with E-state index >= 15 is 0 Å². The summed E-state index contributed by atoms with van der Waals surface area (Å²) < 4.78 is 17.0. The maximum Gasteiger partial charge on any atom is 0.322 e. The molecule has 1 saturated heterocycles. The van der Waals surface area contributed by atoms with Crippen molar-refractivity contribution in [1.82, 2.24) is 9.80 Å². The predicted octanol–water partition coefficient (Wildman–Crippen LogP) is 5.74. The van der Waals surface area contributed by atoms with Gasteiger partial charge in [-0.25, -0.2) is 9.79 Å². The zero-order valence-electron chi connectivity index (χ0n) is 21.9. The number of benzene rings is 3. The minimum Gasteiger partial charge on any atom is -0.497 e. The predicted molar refractivity (Wildman–Crippen MR) is 145 cm³/mol. The molecule has 2 aliphatic heterocycles. The van der Waals surface area contributed by atoms with Crippen LogP contribution in [0.15, 0.2) is 59.6 Å². The first-order chi connectivity index (χ1) is 17.9. The fraction of sp³-hybridized carbons (Fsp3) is 0.310. The van der Waals surface area contributed by atoms with E-state index in [2.05, 4.69) is 36.2 Å². The summed E-state index contributed by atoms with van der Waals surface area (Å²) >= 11 is 0. The minimum atomic E-state index is -0.168. The summed E-state index contributed by atoms with van der Waals surface area (Å²) in [5.74, 6) is 3.61. The number of ether oxygens (including phenoxy) is 3. The number of anilines is 1. The lowest BCUT2D eigenvalue weighted by Gasteiger charge is -2.41. The molecule has 0 radical (unpaired) electrons. The van der Waals surface area contributed by atoms with E-state index in [1.807, 2.05) is 36.1 Å². The van der Waals surface area contributed by atoms with E-state index in [0.29, 0.717) is 36.8 Å². The van der Waals surface area contributed by atoms with E-state index in [1.54, 1.807) is 32.4 Å². The fourth-order valence-electron chi connectivity index (χ4n) is 4.78. The van der Waals surface area contributed by atoms with E-state index in [-0.39, 0.29) is 12.1 Å². The molecule has 0 bridgehead atoms. The highest BCUT2D eigenvalue weighted by Crippen LogP contribution is 2.39. The Hall–Kier alpha value is -4.20. The Bertz CT molecular complexity index is 1370. The van der Waals surface area contributed by atoms with Gasteiger partial charge >= 0.3 is 6.03 Å². The van der Waals surface area contributed by atoms with Crippen molar-refractivity contribution < 1.29 is 19.0 Å². The molecule has 0 unspecified atom stereocenters. The Balaban J connectivity index is 1.38. The van der Waals surface area contributed by atoms with Crippen molar-refractivity contribution in [3.8, 4) is 23.0 Å². The number of piperazine rings is 1. The lowest BCUT2D eigenvalue weighted by atomic mass is 10.1. The van der Waals surface area contributed by atoms with Crippen molar-refractivity contribution in [2.45, 2.75) is 26.8 Å². The molecule has 3 aromatic rings. The second-order valence-electron chi connectivity index (χ2n) is 9.49. The SMILES string of the molecule is COc1ccc(NC(=O)N2CCN(C3=Nc4ccc(C)cc4Oc4ccc(C)cc43)C[C@@H]2C)c(OC)c1. The van der Waals surface area contributed by atoms with Crippen molar-refractivity contribution in [3.63, 3.8) is 0 Å². The van der Waals surface area contributed by atoms with Gasteiger partial charge in [0, 0.05) is 31.7 Å². The molecule has 8 heteroatoms. The summed E-state index contributed by atoms with van der Waals surface area (Å²) in [5.41, 5.74) is 4.62. The van der Waals surface area contributed by atoms with Gasteiger partial charge in [0.1, 0.15) is 28.8 Å². The number of aliphatic imine (C=N–C) groups is 1. The van der Waals surface area contributed by atoms with Gasteiger partial charge in [-0.2, -0.15) is 0 Å². The molecular formula is C29H32N4O4. The third kappa shape index (κ3) is 4.91. The molecule has 1 fully saturated rings. The molecule has 0 spiro atoms. The van der Waals surface area contributed by atoms with Crippen LogP contribution in [0.5, 0.6) is 23.0 Å². The summed E-state index contributed by atoms with van der Waals surface area (Å²) in [6.07, 6.45) is 0. The van der Waals surface area contributed by atoms with Crippen LogP contribution < -0.4 is 19.5 Å². The highest BCUT2D eigenvalue weighted by Gasteiger charge is 2.32. The van der Waals surface area contributed by atoms with Crippen LogP contribution in [0, 0.1) is 13.8 Å². The standard InChI is InChI=1S/C29H32N4O4/c1-18-7-11-25-22(14-18)28(30-24-9-6-19(2)15-27(24)37-25)32-12-13-33(20(3)17-32)29(34)31-23-10-8-21(35-4)16-26(23)36-5/h6-11,14-16,20H,12-13,17H2,1-5H3,(H,31,34)/t20-/m0/s1. The summed E-state index contributed by atoms with van der Waals surface area (Å²) in [6.45, 7) is 8.00. The summed E-state index contributed by atoms with van der Waals surface area (Å²) in [4.78, 5) is 22.4. The van der Waals surface area contributed by atoms with Crippen LogP contribution in [-0.4, -0.2) is 61.6 Å². The van der Waals surface area contributed by atoms with Crippen molar-refractivity contribution in [2.75, 3.05) is 39.2 Å². The van der Waals surface area contributed by atoms with Gasteiger partial charge in [0.2, 0.25) is 0 Å². The van der Waals surface area contributed by atoms with Crippen molar-refractivity contribution in [1.29, 1.82) is 0 Å². The van der Waals surface area contributed by atoms with Crippen LogP contribution >= 0.6 is 0 Å². The van der Waals surface area contributed by atoms with Gasteiger partial charge in [0.05, 0.1) is 25.5 Å². The number of carbonyl (C=O) groups is 1. The van der Waals surface area contributed by atoms with Crippen LogP contribution in [0.3, 0.4) is 0 Å². The Morgan fingerprint density at radius 1 is 0.973 bits per heavy atom. The second-order valence-corrected chi connectivity index (χ2v) is 9.49. The number of carbonyl (C=O) groups excluding carboxylic acids is 1. The number of aryl methyl sites for hydroxylation is 2. The lowest BCUT2D eigenvalue weighted by Crippen LogP contribution is -2.56. The Morgan fingerprint density at radius 3 is 2.51 bits per heavy atom. The average molecular weight is 501 g/mol. The zero-order chi connectivity index (χ0) is 26.1.